The molecule has 0 radical (unpaired) electrons. The van der Waals surface area contributed by atoms with E-state index in [-0.39, 0.29) is 17.7 Å². The number of rotatable bonds is 3. The Hall–Kier alpha value is -2.37. The summed E-state index contributed by atoms with van der Waals surface area (Å²) in [6.07, 6.45) is 1.55. The van der Waals surface area contributed by atoms with Gasteiger partial charge in [-0.3, -0.25) is 9.59 Å². The van der Waals surface area contributed by atoms with Crippen LogP contribution in [0, 0.1) is 5.92 Å². The van der Waals surface area contributed by atoms with Crippen LogP contribution >= 0.6 is 0 Å². The maximum absolute atomic E-state index is 12.6. The number of benzene rings is 1. The largest absolute Gasteiger partial charge is 0.448 e. The minimum absolute atomic E-state index is 0.148. The summed E-state index contributed by atoms with van der Waals surface area (Å²) in [4.78, 5) is 37.3. The number of fused-ring (bicyclic) bond motifs is 1. The molecule has 0 aromatic heterocycles. The molecule has 0 saturated carbocycles. The highest BCUT2D eigenvalue weighted by Crippen LogP contribution is 2.25. The molecule has 23 heavy (non-hydrogen) atoms. The first-order valence-electron chi connectivity index (χ1n) is 7.90. The van der Waals surface area contributed by atoms with E-state index in [0.29, 0.717) is 31.5 Å². The predicted molar refractivity (Wildman–Crippen MR) is 82.5 cm³/mol. The minimum Gasteiger partial charge on any atom is -0.448 e. The lowest BCUT2D eigenvalue weighted by Gasteiger charge is -2.34. The van der Waals surface area contributed by atoms with E-state index in [2.05, 4.69) is 0 Å². The number of nitrogens with zero attached hydrogens (tertiary/aromatic N) is 1. The average molecular weight is 316 g/mol. The third-order valence-electron chi connectivity index (χ3n) is 4.58. The van der Waals surface area contributed by atoms with Crippen molar-refractivity contribution in [3.05, 3.63) is 35.4 Å². The van der Waals surface area contributed by atoms with E-state index in [4.69, 9.17) is 10.5 Å². The van der Waals surface area contributed by atoms with Crippen LogP contribution in [0.15, 0.2) is 24.3 Å². The molecule has 0 aliphatic carbocycles. The summed E-state index contributed by atoms with van der Waals surface area (Å²) >= 11 is 0. The number of hydrogen-bond acceptors (Lipinski definition) is 4. The topological polar surface area (TPSA) is 89.7 Å². The van der Waals surface area contributed by atoms with Gasteiger partial charge in [0.05, 0.1) is 5.56 Å². The predicted octanol–water partition coefficient (Wildman–Crippen LogP) is 0.882. The molecule has 0 unspecified atom stereocenters. The third-order valence-corrected chi connectivity index (χ3v) is 4.58. The van der Waals surface area contributed by atoms with E-state index in [0.717, 1.165) is 18.4 Å². The van der Waals surface area contributed by atoms with Crippen LogP contribution in [0.2, 0.25) is 0 Å². The summed E-state index contributed by atoms with van der Waals surface area (Å²) in [6.45, 7) is 1.15. The van der Waals surface area contributed by atoms with Crippen molar-refractivity contribution in [2.75, 3.05) is 13.1 Å². The van der Waals surface area contributed by atoms with Crippen LogP contribution in [0.5, 0.6) is 0 Å². The molecule has 1 atom stereocenters. The van der Waals surface area contributed by atoms with Crippen molar-refractivity contribution in [1.29, 1.82) is 0 Å². The molecule has 6 heteroatoms. The molecule has 1 aromatic carbocycles. The van der Waals surface area contributed by atoms with Crippen LogP contribution in [-0.2, 0) is 20.7 Å². The Morgan fingerprint density at radius 1 is 1.22 bits per heavy atom. The molecular weight excluding hydrogens is 296 g/mol. The first kappa shape index (κ1) is 15.5. The molecule has 0 spiro atoms. The highest BCUT2D eigenvalue weighted by atomic mass is 16.5. The monoisotopic (exact) mass is 316 g/mol. The van der Waals surface area contributed by atoms with Gasteiger partial charge in [0.1, 0.15) is 0 Å². The van der Waals surface area contributed by atoms with E-state index in [1.807, 2.05) is 12.1 Å². The molecule has 6 nitrogen and oxygen atoms in total. The quantitative estimate of drug-likeness (QED) is 0.838. The Morgan fingerprint density at radius 2 is 1.91 bits per heavy atom. The SMILES string of the molecule is NC(=O)CC1CCN(C(=O)[C@@H]2Cc3ccccc3C(=O)O2)CC1. The Labute approximate surface area is 134 Å². The molecule has 2 amide bonds. The number of carbonyl (C=O) groups excluding carboxylic acids is 3. The van der Waals surface area contributed by atoms with Gasteiger partial charge < -0.3 is 15.4 Å². The van der Waals surface area contributed by atoms with Crippen molar-refractivity contribution >= 4 is 17.8 Å². The number of hydrogen-bond donors (Lipinski definition) is 1. The summed E-state index contributed by atoms with van der Waals surface area (Å²) in [7, 11) is 0. The van der Waals surface area contributed by atoms with Gasteiger partial charge in [-0.15, -0.1) is 0 Å². The van der Waals surface area contributed by atoms with Gasteiger partial charge in [0.2, 0.25) is 5.91 Å². The number of ether oxygens (including phenoxy) is 1. The Bertz CT molecular complexity index is 635. The molecule has 2 aliphatic heterocycles. The number of carbonyl (C=O) groups is 3. The van der Waals surface area contributed by atoms with Crippen molar-refractivity contribution in [2.24, 2.45) is 11.7 Å². The van der Waals surface area contributed by atoms with Crippen LogP contribution in [0.4, 0.5) is 0 Å². The van der Waals surface area contributed by atoms with Crippen LogP contribution in [0.1, 0.15) is 35.2 Å². The summed E-state index contributed by atoms with van der Waals surface area (Å²) in [5.74, 6) is -0.641. The van der Waals surface area contributed by atoms with Gasteiger partial charge in [0, 0.05) is 25.9 Å². The zero-order chi connectivity index (χ0) is 16.4. The summed E-state index contributed by atoms with van der Waals surface area (Å²) in [5.41, 5.74) is 6.61. The highest BCUT2D eigenvalue weighted by Gasteiger charge is 2.35. The molecule has 2 N–H and O–H groups in total. The van der Waals surface area contributed by atoms with Crippen LogP contribution in [-0.4, -0.2) is 41.9 Å². The number of amides is 2. The van der Waals surface area contributed by atoms with Gasteiger partial charge in [0.25, 0.3) is 5.91 Å². The van der Waals surface area contributed by atoms with E-state index in [1.165, 1.54) is 0 Å². The van der Waals surface area contributed by atoms with Crippen molar-refractivity contribution in [3.8, 4) is 0 Å². The van der Waals surface area contributed by atoms with Crippen LogP contribution in [0.25, 0.3) is 0 Å². The number of primary amides is 1. The van der Waals surface area contributed by atoms with Gasteiger partial charge in [-0.05, 0) is 30.4 Å². The zero-order valence-electron chi connectivity index (χ0n) is 12.9. The third kappa shape index (κ3) is 3.36. The molecule has 1 fully saturated rings. The molecule has 122 valence electrons. The van der Waals surface area contributed by atoms with E-state index in [1.54, 1.807) is 17.0 Å². The Kier molecular flexibility index (Phi) is 4.32. The number of nitrogens with two attached hydrogens (primary N) is 1. The Morgan fingerprint density at radius 3 is 2.61 bits per heavy atom. The van der Waals surface area contributed by atoms with E-state index < -0.39 is 12.1 Å². The molecule has 2 aliphatic rings. The van der Waals surface area contributed by atoms with Crippen LogP contribution < -0.4 is 5.73 Å². The van der Waals surface area contributed by atoms with E-state index >= 15 is 0 Å². The summed E-state index contributed by atoms with van der Waals surface area (Å²) in [5, 5.41) is 0. The molecule has 3 rings (SSSR count). The zero-order valence-corrected chi connectivity index (χ0v) is 12.9. The molecule has 2 heterocycles. The fourth-order valence-electron chi connectivity index (χ4n) is 3.31. The number of likely N-dealkylation sites (tertiary alicyclic amines) is 1. The lowest BCUT2D eigenvalue weighted by Crippen LogP contribution is -2.47. The smallest absolute Gasteiger partial charge is 0.339 e. The molecule has 0 bridgehead atoms. The second-order valence-electron chi connectivity index (χ2n) is 6.19. The van der Waals surface area contributed by atoms with Gasteiger partial charge >= 0.3 is 5.97 Å². The fraction of sp³-hybridized carbons (Fsp3) is 0.471. The van der Waals surface area contributed by atoms with Crippen molar-refractivity contribution in [2.45, 2.75) is 31.8 Å². The number of esters is 1. The van der Waals surface area contributed by atoms with Gasteiger partial charge in [-0.25, -0.2) is 4.79 Å². The molecular formula is C17H20N2O4. The average Bonchev–Trinajstić information content (AvgIpc) is 2.54. The highest BCUT2D eigenvalue weighted by molar-refractivity contribution is 5.95. The molecule has 1 aromatic rings. The van der Waals surface area contributed by atoms with Gasteiger partial charge in [-0.2, -0.15) is 0 Å². The maximum atomic E-state index is 12.6. The van der Waals surface area contributed by atoms with Crippen molar-refractivity contribution < 1.29 is 19.1 Å². The van der Waals surface area contributed by atoms with Crippen molar-refractivity contribution in [1.82, 2.24) is 4.90 Å². The number of piperidine rings is 1. The number of cyclic esters (lactones) is 1. The van der Waals surface area contributed by atoms with E-state index in [9.17, 15) is 14.4 Å². The summed E-state index contributed by atoms with van der Waals surface area (Å²) in [6, 6.07) is 7.21. The van der Waals surface area contributed by atoms with Crippen LogP contribution in [0.3, 0.4) is 0 Å². The lowest BCUT2D eigenvalue weighted by atomic mass is 9.92. The normalized spacial score (nSPS) is 21.5. The minimum atomic E-state index is -0.745. The second kappa shape index (κ2) is 6.40. The first-order valence-corrected chi connectivity index (χ1v) is 7.90. The fourth-order valence-corrected chi connectivity index (χ4v) is 3.31. The second-order valence-corrected chi connectivity index (χ2v) is 6.19. The first-order chi connectivity index (χ1) is 11.0. The van der Waals surface area contributed by atoms with Crippen molar-refractivity contribution in [3.63, 3.8) is 0 Å². The van der Waals surface area contributed by atoms with Gasteiger partial charge in [-0.1, -0.05) is 18.2 Å². The molecule has 1 saturated heterocycles. The lowest BCUT2D eigenvalue weighted by molar-refractivity contribution is -0.142. The Balaban J connectivity index is 1.62. The summed E-state index contributed by atoms with van der Waals surface area (Å²) < 4.78 is 5.31. The maximum Gasteiger partial charge on any atom is 0.339 e. The van der Waals surface area contributed by atoms with Gasteiger partial charge in [0.15, 0.2) is 6.10 Å². The standard InChI is InChI=1S/C17H20N2O4/c18-15(20)9-11-5-7-19(8-6-11)16(21)14-10-12-3-1-2-4-13(12)17(22)23-14/h1-4,11,14H,5-10H2,(H2,18,20)/t14-/m0/s1.